The number of hydrogen-bond acceptors (Lipinski definition) is 4. The SMILES string of the molecule is CC(=O)C#Cc1ccc(C(=O)N[C@H](C(C)=O)[C@](C)(O)C(F)F)cc1. The lowest BCUT2D eigenvalue weighted by Gasteiger charge is -2.30. The van der Waals surface area contributed by atoms with Crippen LogP contribution in [0, 0.1) is 11.8 Å². The molecule has 128 valence electrons. The fourth-order valence-electron chi connectivity index (χ4n) is 1.86. The third kappa shape index (κ3) is 4.96. The fraction of sp³-hybridized carbons (Fsp3) is 0.353. The lowest BCUT2D eigenvalue weighted by atomic mass is 9.93. The van der Waals surface area contributed by atoms with E-state index in [1.165, 1.54) is 31.2 Å². The summed E-state index contributed by atoms with van der Waals surface area (Å²) in [7, 11) is 0. The van der Waals surface area contributed by atoms with Crippen molar-refractivity contribution >= 4 is 17.5 Å². The van der Waals surface area contributed by atoms with Crippen LogP contribution < -0.4 is 5.32 Å². The molecule has 0 radical (unpaired) electrons. The van der Waals surface area contributed by atoms with Crippen molar-refractivity contribution < 1.29 is 28.3 Å². The van der Waals surface area contributed by atoms with Crippen molar-refractivity contribution in [2.75, 3.05) is 0 Å². The van der Waals surface area contributed by atoms with Gasteiger partial charge in [-0.15, -0.1) is 0 Å². The standard InChI is InChI=1S/C17H17F2NO4/c1-10(21)4-5-12-6-8-13(9-7-12)15(23)20-14(11(2)22)17(3,24)16(18)19/h6-9,14,16,24H,1-3H3,(H,20,23)/t14-,17+/m1/s1. The largest absolute Gasteiger partial charge is 0.382 e. The van der Waals surface area contributed by atoms with Gasteiger partial charge in [-0.3, -0.25) is 14.4 Å². The quantitative estimate of drug-likeness (QED) is 0.794. The number of carbonyl (C=O) groups is 3. The van der Waals surface area contributed by atoms with Gasteiger partial charge in [0.25, 0.3) is 12.3 Å². The van der Waals surface area contributed by atoms with Crippen molar-refractivity contribution in [2.24, 2.45) is 0 Å². The third-order valence-corrected chi connectivity index (χ3v) is 3.24. The van der Waals surface area contributed by atoms with E-state index in [-0.39, 0.29) is 11.3 Å². The number of ketones is 2. The maximum absolute atomic E-state index is 12.9. The van der Waals surface area contributed by atoms with Crippen LogP contribution in [0.25, 0.3) is 0 Å². The number of Topliss-reactive ketones (excluding diaryl/α,β-unsaturated/α-hetero) is 2. The van der Waals surface area contributed by atoms with E-state index in [4.69, 9.17) is 0 Å². The van der Waals surface area contributed by atoms with Crippen molar-refractivity contribution in [3.63, 3.8) is 0 Å². The first-order valence-electron chi connectivity index (χ1n) is 7.00. The molecule has 0 aromatic heterocycles. The Kier molecular flexibility index (Phi) is 6.32. The summed E-state index contributed by atoms with van der Waals surface area (Å²) < 4.78 is 25.8. The number of hydrogen-bond donors (Lipinski definition) is 2. The van der Waals surface area contributed by atoms with Crippen LogP contribution >= 0.6 is 0 Å². The summed E-state index contributed by atoms with van der Waals surface area (Å²) in [5, 5.41) is 11.9. The molecular weight excluding hydrogens is 320 g/mol. The van der Waals surface area contributed by atoms with Gasteiger partial charge in [0, 0.05) is 18.1 Å². The highest BCUT2D eigenvalue weighted by molar-refractivity contribution is 5.98. The Labute approximate surface area is 138 Å². The Morgan fingerprint density at radius 1 is 1.17 bits per heavy atom. The molecule has 0 aliphatic rings. The molecule has 24 heavy (non-hydrogen) atoms. The van der Waals surface area contributed by atoms with Gasteiger partial charge in [-0.05, 0) is 44.0 Å². The number of benzene rings is 1. The second-order valence-corrected chi connectivity index (χ2v) is 5.43. The van der Waals surface area contributed by atoms with Crippen molar-refractivity contribution in [1.29, 1.82) is 0 Å². The van der Waals surface area contributed by atoms with Crippen LogP contribution in [-0.4, -0.2) is 40.6 Å². The molecule has 2 N–H and O–H groups in total. The average Bonchev–Trinajstić information content (AvgIpc) is 2.50. The molecule has 0 heterocycles. The Morgan fingerprint density at radius 3 is 2.12 bits per heavy atom. The molecule has 0 bridgehead atoms. The lowest BCUT2D eigenvalue weighted by molar-refractivity contribution is -0.138. The Morgan fingerprint density at radius 2 is 1.71 bits per heavy atom. The van der Waals surface area contributed by atoms with Crippen LogP contribution in [0.1, 0.15) is 36.7 Å². The van der Waals surface area contributed by atoms with Gasteiger partial charge >= 0.3 is 0 Å². The fourth-order valence-corrected chi connectivity index (χ4v) is 1.86. The molecule has 0 spiro atoms. The number of aliphatic hydroxyl groups is 1. The van der Waals surface area contributed by atoms with E-state index in [0.717, 1.165) is 13.8 Å². The van der Waals surface area contributed by atoms with E-state index < -0.39 is 29.8 Å². The monoisotopic (exact) mass is 337 g/mol. The summed E-state index contributed by atoms with van der Waals surface area (Å²) in [4.78, 5) is 34.4. The van der Waals surface area contributed by atoms with Crippen molar-refractivity contribution in [1.82, 2.24) is 5.32 Å². The number of halogens is 2. The summed E-state index contributed by atoms with van der Waals surface area (Å²) in [6.45, 7) is 3.10. The molecule has 0 saturated heterocycles. The zero-order valence-corrected chi connectivity index (χ0v) is 13.4. The summed E-state index contributed by atoms with van der Waals surface area (Å²) >= 11 is 0. The van der Waals surface area contributed by atoms with Crippen LogP contribution in [0.5, 0.6) is 0 Å². The van der Waals surface area contributed by atoms with Gasteiger partial charge in [0.2, 0.25) is 5.78 Å². The Hall–Kier alpha value is -2.59. The molecule has 1 rings (SSSR count). The van der Waals surface area contributed by atoms with E-state index in [9.17, 15) is 28.3 Å². The smallest absolute Gasteiger partial charge is 0.269 e. The summed E-state index contributed by atoms with van der Waals surface area (Å²) in [6, 6.07) is 3.93. The van der Waals surface area contributed by atoms with Gasteiger partial charge in [0.15, 0.2) is 5.78 Å². The van der Waals surface area contributed by atoms with Crippen LogP contribution in [0.15, 0.2) is 24.3 Å². The third-order valence-electron chi connectivity index (χ3n) is 3.24. The molecule has 0 unspecified atom stereocenters. The zero-order chi connectivity index (χ0) is 18.5. The number of alkyl halides is 2. The zero-order valence-electron chi connectivity index (χ0n) is 13.4. The van der Waals surface area contributed by atoms with E-state index in [0.29, 0.717) is 5.56 Å². The van der Waals surface area contributed by atoms with Gasteiger partial charge < -0.3 is 10.4 Å². The summed E-state index contributed by atoms with van der Waals surface area (Å²) in [5.74, 6) is 3.03. The first-order chi connectivity index (χ1) is 11.1. The van der Waals surface area contributed by atoms with Crippen LogP contribution in [0.4, 0.5) is 8.78 Å². The molecule has 7 heteroatoms. The second-order valence-electron chi connectivity index (χ2n) is 5.43. The first kappa shape index (κ1) is 19.5. The van der Waals surface area contributed by atoms with Gasteiger partial charge in [-0.2, -0.15) is 0 Å². The molecule has 5 nitrogen and oxygen atoms in total. The second kappa shape index (κ2) is 7.79. The van der Waals surface area contributed by atoms with Crippen LogP contribution in [0.3, 0.4) is 0 Å². The van der Waals surface area contributed by atoms with E-state index in [1.807, 2.05) is 0 Å². The van der Waals surface area contributed by atoms with Crippen LogP contribution in [-0.2, 0) is 9.59 Å². The molecule has 2 atom stereocenters. The molecule has 1 aromatic rings. The molecule has 0 saturated carbocycles. The van der Waals surface area contributed by atoms with Crippen LogP contribution in [0.2, 0.25) is 0 Å². The highest BCUT2D eigenvalue weighted by atomic mass is 19.3. The molecule has 0 aliphatic heterocycles. The van der Waals surface area contributed by atoms with Gasteiger partial charge in [0.05, 0.1) is 0 Å². The van der Waals surface area contributed by atoms with Gasteiger partial charge in [0.1, 0.15) is 11.6 Å². The molecule has 0 aliphatic carbocycles. The van der Waals surface area contributed by atoms with Crippen molar-refractivity contribution in [3.05, 3.63) is 35.4 Å². The molecule has 1 amide bonds. The molecule has 1 aromatic carbocycles. The maximum Gasteiger partial charge on any atom is 0.269 e. The minimum absolute atomic E-state index is 0.0969. The lowest BCUT2D eigenvalue weighted by Crippen LogP contribution is -2.58. The highest BCUT2D eigenvalue weighted by Crippen LogP contribution is 2.20. The number of amides is 1. The maximum atomic E-state index is 12.9. The van der Waals surface area contributed by atoms with E-state index >= 15 is 0 Å². The molecular formula is C17H17F2NO4. The minimum atomic E-state index is -3.21. The normalized spacial score (nSPS) is 14.1. The number of carbonyl (C=O) groups excluding carboxylic acids is 3. The van der Waals surface area contributed by atoms with Gasteiger partial charge in [-0.25, -0.2) is 8.78 Å². The van der Waals surface area contributed by atoms with E-state index in [2.05, 4.69) is 17.2 Å². The topological polar surface area (TPSA) is 83.5 Å². The van der Waals surface area contributed by atoms with Gasteiger partial charge in [-0.1, -0.05) is 5.92 Å². The minimum Gasteiger partial charge on any atom is -0.382 e. The average molecular weight is 337 g/mol. The number of nitrogens with one attached hydrogen (secondary N) is 1. The summed E-state index contributed by atoms with van der Waals surface area (Å²) in [6.07, 6.45) is -3.21. The predicted molar refractivity (Wildman–Crippen MR) is 82.6 cm³/mol. The summed E-state index contributed by atoms with van der Waals surface area (Å²) in [5.41, 5.74) is -2.10. The van der Waals surface area contributed by atoms with Crippen molar-refractivity contribution in [3.8, 4) is 11.8 Å². The predicted octanol–water partition coefficient (Wildman–Crippen LogP) is 1.33. The molecule has 0 fully saturated rings. The highest BCUT2D eigenvalue weighted by Gasteiger charge is 2.44. The Balaban J connectivity index is 2.96. The first-order valence-corrected chi connectivity index (χ1v) is 7.00. The van der Waals surface area contributed by atoms with E-state index in [1.54, 1.807) is 0 Å². The number of rotatable bonds is 5. The van der Waals surface area contributed by atoms with Crippen molar-refractivity contribution in [2.45, 2.75) is 38.8 Å². The Bertz CT molecular complexity index is 700.